The topological polar surface area (TPSA) is 75.6 Å². The Morgan fingerprint density at radius 1 is 1.14 bits per heavy atom. The maximum Gasteiger partial charge on any atom is 0.408 e. The predicted octanol–water partition coefficient (Wildman–Crippen LogP) is 3.57. The van der Waals surface area contributed by atoms with E-state index in [1.165, 1.54) is 0 Å². The first-order valence-corrected chi connectivity index (χ1v) is 7.63. The van der Waals surface area contributed by atoms with Crippen LogP contribution in [0.25, 0.3) is 0 Å². The Labute approximate surface area is 127 Å². The van der Waals surface area contributed by atoms with Gasteiger partial charge in [-0.15, -0.1) is 0 Å². The van der Waals surface area contributed by atoms with E-state index in [1.54, 1.807) is 20.8 Å². The lowest BCUT2D eigenvalue weighted by molar-refractivity contribution is -0.152. The molecule has 1 amide bonds. The summed E-state index contributed by atoms with van der Waals surface area (Å²) in [5.74, 6) is -1.09. The molecule has 122 valence electrons. The Kier molecular flexibility index (Phi) is 4.96. The monoisotopic (exact) mass is 299 g/mol. The number of carbonyl (C=O) groups is 2. The van der Waals surface area contributed by atoms with Crippen molar-refractivity contribution in [2.24, 2.45) is 11.3 Å². The first kappa shape index (κ1) is 17.8. The average molecular weight is 299 g/mol. The van der Waals surface area contributed by atoms with Crippen molar-refractivity contribution in [1.82, 2.24) is 5.32 Å². The van der Waals surface area contributed by atoms with Gasteiger partial charge in [0.25, 0.3) is 0 Å². The molecule has 5 heteroatoms. The molecule has 1 fully saturated rings. The highest BCUT2D eigenvalue weighted by Crippen LogP contribution is 2.44. The van der Waals surface area contributed by atoms with E-state index >= 15 is 0 Å². The van der Waals surface area contributed by atoms with Crippen molar-refractivity contribution in [3.63, 3.8) is 0 Å². The number of carboxylic acid groups (broad SMARTS) is 1. The maximum absolute atomic E-state index is 12.1. The number of carbonyl (C=O) groups excluding carboxylic acids is 1. The lowest BCUT2D eigenvalue weighted by Crippen LogP contribution is -2.63. The van der Waals surface area contributed by atoms with Gasteiger partial charge in [0.05, 0.1) is 0 Å². The third kappa shape index (κ3) is 4.35. The van der Waals surface area contributed by atoms with Gasteiger partial charge in [0.15, 0.2) is 0 Å². The van der Waals surface area contributed by atoms with Crippen LogP contribution in [0.3, 0.4) is 0 Å². The van der Waals surface area contributed by atoms with E-state index in [4.69, 9.17) is 4.74 Å². The summed E-state index contributed by atoms with van der Waals surface area (Å²) in [5, 5.41) is 12.5. The number of carboxylic acids is 1. The van der Waals surface area contributed by atoms with Crippen LogP contribution in [0.1, 0.15) is 67.2 Å². The minimum atomic E-state index is -1.24. The summed E-state index contributed by atoms with van der Waals surface area (Å²) < 4.78 is 5.26. The average Bonchev–Trinajstić information content (AvgIpc) is 2.24. The smallest absolute Gasteiger partial charge is 0.408 e. The Hall–Kier alpha value is -1.26. The van der Waals surface area contributed by atoms with Gasteiger partial charge in [0.1, 0.15) is 11.1 Å². The van der Waals surface area contributed by atoms with Gasteiger partial charge in [0.2, 0.25) is 0 Å². The summed E-state index contributed by atoms with van der Waals surface area (Å²) in [6.45, 7) is 11.4. The van der Waals surface area contributed by atoms with Gasteiger partial charge < -0.3 is 15.2 Å². The fraction of sp³-hybridized carbons (Fsp3) is 0.875. The van der Waals surface area contributed by atoms with Gasteiger partial charge >= 0.3 is 12.1 Å². The zero-order valence-corrected chi connectivity index (χ0v) is 14.1. The van der Waals surface area contributed by atoms with Crippen molar-refractivity contribution >= 4 is 12.1 Å². The van der Waals surface area contributed by atoms with Crippen LogP contribution < -0.4 is 5.32 Å². The molecule has 0 aromatic rings. The Morgan fingerprint density at radius 3 is 2.14 bits per heavy atom. The third-order valence-corrected chi connectivity index (χ3v) is 4.06. The summed E-state index contributed by atoms with van der Waals surface area (Å²) in [6, 6.07) is 0. The van der Waals surface area contributed by atoms with Crippen LogP contribution in [0, 0.1) is 11.3 Å². The minimum Gasteiger partial charge on any atom is -0.479 e. The summed E-state index contributed by atoms with van der Waals surface area (Å²) in [5.41, 5.74) is -2.08. The second kappa shape index (κ2) is 5.85. The van der Waals surface area contributed by atoms with Crippen LogP contribution in [-0.2, 0) is 9.53 Å². The molecule has 0 aromatic carbocycles. The van der Waals surface area contributed by atoms with Gasteiger partial charge in [-0.25, -0.2) is 9.59 Å². The van der Waals surface area contributed by atoms with Gasteiger partial charge in [0, 0.05) is 0 Å². The molecule has 0 aliphatic heterocycles. The molecule has 0 aromatic heterocycles. The fourth-order valence-corrected chi connectivity index (χ4v) is 3.29. The highest BCUT2D eigenvalue weighted by molar-refractivity contribution is 5.85. The molecule has 0 saturated heterocycles. The number of rotatable bonds is 2. The number of nitrogens with one attached hydrogen (secondary N) is 1. The standard InChI is InChI=1S/C16H29NO4/c1-14(2,3)11-9-7-8-10-16(11,12(18)19)17-13(20)21-15(4,5)6/h11H,7-10H2,1-6H3,(H,17,20)(H,18,19)/t11-,16+/m0/s1. The van der Waals surface area contributed by atoms with E-state index in [1.807, 2.05) is 20.8 Å². The molecule has 0 bridgehead atoms. The zero-order valence-electron chi connectivity index (χ0n) is 14.1. The highest BCUT2D eigenvalue weighted by Gasteiger charge is 2.53. The van der Waals surface area contributed by atoms with E-state index < -0.39 is 23.2 Å². The van der Waals surface area contributed by atoms with E-state index in [0.717, 1.165) is 19.3 Å². The first-order chi connectivity index (χ1) is 9.38. The lowest BCUT2D eigenvalue weighted by atomic mass is 9.62. The van der Waals surface area contributed by atoms with E-state index in [-0.39, 0.29) is 11.3 Å². The molecule has 5 nitrogen and oxygen atoms in total. The highest BCUT2D eigenvalue weighted by atomic mass is 16.6. The van der Waals surface area contributed by atoms with E-state index in [2.05, 4.69) is 5.32 Å². The third-order valence-electron chi connectivity index (χ3n) is 4.06. The van der Waals surface area contributed by atoms with Crippen molar-refractivity contribution in [3.05, 3.63) is 0 Å². The van der Waals surface area contributed by atoms with Crippen molar-refractivity contribution in [2.45, 2.75) is 78.4 Å². The molecule has 0 heterocycles. The van der Waals surface area contributed by atoms with Crippen LogP contribution >= 0.6 is 0 Å². The van der Waals surface area contributed by atoms with Gasteiger partial charge in [-0.05, 0) is 44.9 Å². The van der Waals surface area contributed by atoms with Crippen molar-refractivity contribution in [2.75, 3.05) is 0 Å². The van der Waals surface area contributed by atoms with Crippen molar-refractivity contribution < 1.29 is 19.4 Å². The molecule has 1 saturated carbocycles. The van der Waals surface area contributed by atoms with Gasteiger partial charge in [-0.2, -0.15) is 0 Å². The van der Waals surface area contributed by atoms with Crippen molar-refractivity contribution in [1.29, 1.82) is 0 Å². The van der Waals surface area contributed by atoms with Crippen LogP contribution in [0.4, 0.5) is 4.79 Å². The summed E-state index contributed by atoms with van der Waals surface area (Å²) in [4.78, 5) is 24.1. The Morgan fingerprint density at radius 2 is 1.71 bits per heavy atom. The summed E-state index contributed by atoms with van der Waals surface area (Å²) >= 11 is 0. The molecule has 1 aliphatic rings. The molecule has 0 spiro atoms. The second-order valence-corrected chi connectivity index (χ2v) is 8.07. The molecule has 1 rings (SSSR count). The molecule has 0 radical (unpaired) electrons. The van der Waals surface area contributed by atoms with Crippen LogP contribution in [0.5, 0.6) is 0 Å². The molecular formula is C16H29NO4. The number of amides is 1. The lowest BCUT2D eigenvalue weighted by Gasteiger charge is -2.47. The van der Waals surface area contributed by atoms with Gasteiger partial charge in [-0.3, -0.25) is 0 Å². The fourth-order valence-electron chi connectivity index (χ4n) is 3.29. The minimum absolute atomic E-state index is 0.122. The van der Waals surface area contributed by atoms with E-state index in [9.17, 15) is 14.7 Å². The number of ether oxygens (including phenoxy) is 1. The Balaban J connectivity index is 3.06. The SMILES string of the molecule is CC(C)(C)OC(=O)N[C@]1(C(=O)O)CCCC[C@H]1C(C)(C)C. The molecular weight excluding hydrogens is 270 g/mol. The Bertz CT molecular complexity index is 405. The van der Waals surface area contributed by atoms with Crippen LogP contribution in [0.2, 0.25) is 0 Å². The number of hydrogen-bond acceptors (Lipinski definition) is 3. The molecule has 21 heavy (non-hydrogen) atoms. The summed E-state index contributed by atoms with van der Waals surface area (Å²) in [6.07, 6.45) is 2.39. The van der Waals surface area contributed by atoms with Crippen LogP contribution in [0.15, 0.2) is 0 Å². The van der Waals surface area contributed by atoms with Crippen molar-refractivity contribution in [3.8, 4) is 0 Å². The predicted molar refractivity (Wildman–Crippen MR) is 81.1 cm³/mol. The zero-order chi connectivity index (χ0) is 16.5. The summed E-state index contributed by atoms with van der Waals surface area (Å²) in [7, 11) is 0. The number of alkyl carbamates (subject to hydrolysis) is 1. The molecule has 1 aliphatic carbocycles. The van der Waals surface area contributed by atoms with Gasteiger partial charge in [-0.1, -0.05) is 33.6 Å². The molecule has 2 atom stereocenters. The molecule has 2 N–H and O–H groups in total. The second-order valence-electron chi connectivity index (χ2n) is 8.07. The normalized spacial score (nSPS) is 27.0. The van der Waals surface area contributed by atoms with E-state index in [0.29, 0.717) is 6.42 Å². The largest absolute Gasteiger partial charge is 0.479 e. The number of hydrogen-bond donors (Lipinski definition) is 2. The first-order valence-electron chi connectivity index (χ1n) is 7.63. The maximum atomic E-state index is 12.1. The quantitative estimate of drug-likeness (QED) is 0.817. The van der Waals surface area contributed by atoms with Crippen LogP contribution in [-0.4, -0.2) is 28.3 Å². The number of aliphatic carboxylic acids is 1. The molecule has 0 unspecified atom stereocenters.